The molecule has 9 heteroatoms. The third-order valence-electron chi connectivity index (χ3n) is 3.30. The molecule has 1 atom stereocenters. The Hall–Kier alpha value is -1.77. The van der Waals surface area contributed by atoms with Crippen molar-refractivity contribution in [3.05, 3.63) is 59.1 Å². The number of hydrogen-bond acceptors (Lipinski definition) is 3. The Bertz CT molecular complexity index is 839. The van der Waals surface area contributed by atoms with Gasteiger partial charge in [0.25, 0.3) is 10.0 Å². The zero-order valence-corrected chi connectivity index (χ0v) is 14.6. The molecule has 0 aliphatic carbocycles. The van der Waals surface area contributed by atoms with Crippen molar-refractivity contribution < 1.29 is 26.7 Å². The first-order valence-electron chi connectivity index (χ1n) is 7.16. The Morgan fingerprint density at radius 2 is 1.76 bits per heavy atom. The van der Waals surface area contributed by atoms with Crippen molar-refractivity contribution in [3.8, 4) is 0 Å². The van der Waals surface area contributed by atoms with E-state index in [0.29, 0.717) is 12.1 Å². The van der Waals surface area contributed by atoms with Crippen LogP contribution in [-0.4, -0.2) is 26.2 Å². The van der Waals surface area contributed by atoms with Crippen LogP contribution in [0.1, 0.15) is 12.5 Å². The van der Waals surface area contributed by atoms with E-state index in [1.165, 1.54) is 19.1 Å². The van der Waals surface area contributed by atoms with E-state index in [0.717, 1.165) is 10.4 Å². The number of anilines is 1. The highest BCUT2D eigenvalue weighted by atomic mass is 35.5. The Morgan fingerprint density at radius 1 is 1.16 bits per heavy atom. The fraction of sp³-hybridized carbons (Fsp3) is 0.250. The van der Waals surface area contributed by atoms with Crippen LogP contribution >= 0.6 is 11.6 Å². The maximum Gasteiger partial charge on any atom is 0.416 e. The zero-order chi connectivity index (χ0) is 18.8. The molecule has 136 valence electrons. The summed E-state index contributed by atoms with van der Waals surface area (Å²) in [5, 5.41) is 9.29. The second-order valence-electron chi connectivity index (χ2n) is 5.36. The molecular formula is C16H15ClF3NO3S. The first kappa shape index (κ1) is 19.6. The Morgan fingerprint density at radius 3 is 2.28 bits per heavy atom. The number of rotatable bonds is 5. The average molecular weight is 394 g/mol. The van der Waals surface area contributed by atoms with Crippen LogP contribution < -0.4 is 4.31 Å². The molecule has 0 aliphatic heterocycles. The van der Waals surface area contributed by atoms with Gasteiger partial charge >= 0.3 is 6.18 Å². The summed E-state index contributed by atoms with van der Waals surface area (Å²) in [5.74, 6) is 0. The van der Waals surface area contributed by atoms with Gasteiger partial charge in [0.1, 0.15) is 4.90 Å². The van der Waals surface area contributed by atoms with Crippen molar-refractivity contribution in [2.45, 2.75) is 24.1 Å². The summed E-state index contributed by atoms with van der Waals surface area (Å²) in [4.78, 5) is -0.673. The highest BCUT2D eigenvalue weighted by Crippen LogP contribution is 2.35. The van der Waals surface area contributed by atoms with Crippen LogP contribution in [0, 0.1) is 0 Å². The summed E-state index contributed by atoms with van der Waals surface area (Å²) < 4.78 is 65.5. The first-order valence-corrected chi connectivity index (χ1v) is 8.98. The summed E-state index contributed by atoms with van der Waals surface area (Å²) in [7, 11) is -4.42. The van der Waals surface area contributed by atoms with Gasteiger partial charge in [-0.05, 0) is 37.3 Å². The SMILES string of the molecule is C[C@@H](O)CN(c1ccccc1)S(=O)(=O)c1cc(C(F)(F)F)ccc1Cl. The third-order valence-corrected chi connectivity index (χ3v) is 5.58. The maximum absolute atomic E-state index is 12.9. The molecule has 0 saturated heterocycles. The molecule has 2 aromatic rings. The summed E-state index contributed by atoms with van der Waals surface area (Å²) in [6.07, 6.45) is -5.75. The predicted molar refractivity (Wildman–Crippen MR) is 89.1 cm³/mol. The first-order chi connectivity index (χ1) is 11.5. The molecule has 1 N–H and O–H groups in total. The molecule has 0 amide bonds. The lowest BCUT2D eigenvalue weighted by Gasteiger charge is -2.26. The lowest BCUT2D eigenvalue weighted by Crippen LogP contribution is -2.37. The van der Waals surface area contributed by atoms with Gasteiger partial charge in [-0.2, -0.15) is 13.2 Å². The minimum atomic E-state index is -4.71. The summed E-state index contributed by atoms with van der Waals surface area (Å²) in [6, 6.07) is 9.86. The standard InChI is InChI=1S/C16H15ClF3NO3S/c1-11(22)10-21(13-5-3-2-4-6-13)25(23,24)15-9-12(16(18,19)20)7-8-14(15)17/h2-9,11,22H,10H2,1H3/t11-/m1/s1. The molecule has 0 heterocycles. The van der Waals surface area contributed by atoms with Crippen LogP contribution in [-0.2, 0) is 16.2 Å². The highest BCUT2D eigenvalue weighted by Gasteiger charge is 2.34. The Labute approximate surface area is 148 Å². The van der Waals surface area contributed by atoms with Gasteiger partial charge in [-0.15, -0.1) is 0 Å². The quantitative estimate of drug-likeness (QED) is 0.837. The smallest absolute Gasteiger partial charge is 0.392 e. The molecule has 2 aromatic carbocycles. The molecule has 0 saturated carbocycles. The van der Waals surface area contributed by atoms with Crippen molar-refractivity contribution in [1.29, 1.82) is 0 Å². The van der Waals surface area contributed by atoms with E-state index in [4.69, 9.17) is 11.6 Å². The summed E-state index contributed by atoms with van der Waals surface area (Å²) in [6.45, 7) is 1.04. The molecule has 0 radical (unpaired) electrons. The van der Waals surface area contributed by atoms with Gasteiger partial charge in [-0.25, -0.2) is 8.42 Å². The van der Waals surface area contributed by atoms with E-state index in [9.17, 15) is 26.7 Å². The molecular weight excluding hydrogens is 379 g/mol. The van der Waals surface area contributed by atoms with Crippen molar-refractivity contribution in [1.82, 2.24) is 0 Å². The van der Waals surface area contributed by atoms with Crippen LogP contribution in [0.25, 0.3) is 0 Å². The minimum Gasteiger partial charge on any atom is -0.392 e. The van der Waals surface area contributed by atoms with Gasteiger partial charge < -0.3 is 5.11 Å². The predicted octanol–water partition coefficient (Wildman–Crippen LogP) is 3.93. The van der Waals surface area contributed by atoms with Crippen LogP contribution in [0.4, 0.5) is 18.9 Å². The van der Waals surface area contributed by atoms with Crippen molar-refractivity contribution in [2.24, 2.45) is 0 Å². The van der Waals surface area contributed by atoms with Gasteiger partial charge in [0, 0.05) is 0 Å². The van der Waals surface area contributed by atoms with E-state index in [-0.39, 0.29) is 17.3 Å². The van der Waals surface area contributed by atoms with Crippen LogP contribution in [0.15, 0.2) is 53.4 Å². The number of para-hydroxylation sites is 1. The number of hydrogen-bond donors (Lipinski definition) is 1. The number of alkyl halides is 3. The minimum absolute atomic E-state index is 0.205. The van der Waals surface area contributed by atoms with E-state index >= 15 is 0 Å². The van der Waals surface area contributed by atoms with Crippen LogP contribution in [0.5, 0.6) is 0 Å². The van der Waals surface area contributed by atoms with Crippen LogP contribution in [0.2, 0.25) is 5.02 Å². The summed E-state index contributed by atoms with van der Waals surface area (Å²) in [5.41, 5.74) is -0.919. The van der Waals surface area contributed by atoms with Crippen molar-refractivity contribution >= 4 is 27.3 Å². The lowest BCUT2D eigenvalue weighted by atomic mass is 10.2. The molecule has 0 fully saturated rings. The average Bonchev–Trinajstić information content (AvgIpc) is 2.52. The number of halogens is 4. The molecule has 0 bridgehead atoms. The molecule has 2 rings (SSSR count). The lowest BCUT2D eigenvalue weighted by molar-refractivity contribution is -0.137. The Balaban J connectivity index is 2.61. The second-order valence-corrected chi connectivity index (χ2v) is 7.60. The molecule has 0 unspecified atom stereocenters. The number of benzene rings is 2. The number of aliphatic hydroxyl groups is 1. The van der Waals surface area contributed by atoms with Crippen molar-refractivity contribution in [2.75, 3.05) is 10.8 Å². The monoisotopic (exact) mass is 393 g/mol. The maximum atomic E-state index is 12.9. The van der Waals surface area contributed by atoms with Crippen LogP contribution in [0.3, 0.4) is 0 Å². The number of nitrogens with zero attached hydrogens (tertiary/aromatic N) is 1. The van der Waals surface area contributed by atoms with E-state index in [1.807, 2.05) is 0 Å². The third kappa shape index (κ3) is 4.45. The van der Waals surface area contributed by atoms with Gasteiger partial charge in [0.2, 0.25) is 0 Å². The van der Waals surface area contributed by atoms with Gasteiger partial charge in [-0.3, -0.25) is 4.31 Å². The Kier molecular flexibility index (Phi) is 5.65. The van der Waals surface area contributed by atoms with Crippen molar-refractivity contribution in [3.63, 3.8) is 0 Å². The zero-order valence-electron chi connectivity index (χ0n) is 13.0. The molecule has 25 heavy (non-hydrogen) atoms. The van der Waals surface area contributed by atoms with E-state index in [1.54, 1.807) is 18.2 Å². The topological polar surface area (TPSA) is 57.6 Å². The molecule has 0 spiro atoms. The normalized spacial score (nSPS) is 13.5. The fourth-order valence-corrected chi connectivity index (χ4v) is 4.22. The molecule has 0 aliphatic rings. The summed E-state index contributed by atoms with van der Waals surface area (Å²) >= 11 is 5.86. The second kappa shape index (κ2) is 7.23. The largest absolute Gasteiger partial charge is 0.416 e. The molecule has 4 nitrogen and oxygen atoms in total. The van der Waals surface area contributed by atoms with E-state index in [2.05, 4.69) is 0 Å². The van der Waals surface area contributed by atoms with Gasteiger partial charge in [0.15, 0.2) is 0 Å². The van der Waals surface area contributed by atoms with Gasteiger partial charge in [0.05, 0.1) is 28.9 Å². The highest BCUT2D eigenvalue weighted by molar-refractivity contribution is 7.93. The number of sulfonamides is 1. The fourth-order valence-electron chi connectivity index (χ4n) is 2.17. The van der Waals surface area contributed by atoms with E-state index < -0.39 is 32.8 Å². The van der Waals surface area contributed by atoms with Gasteiger partial charge in [-0.1, -0.05) is 29.8 Å². The molecule has 0 aromatic heterocycles. The number of aliphatic hydroxyl groups excluding tert-OH is 1.